The molecule has 0 fully saturated rings. The lowest BCUT2D eigenvalue weighted by Crippen LogP contribution is -1.99. The van der Waals surface area contributed by atoms with Crippen LogP contribution in [0.4, 0.5) is 5.69 Å². The van der Waals surface area contributed by atoms with Crippen molar-refractivity contribution in [1.29, 1.82) is 0 Å². The van der Waals surface area contributed by atoms with E-state index in [1.54, 1.807) is 19.4 Å². The monoisotopic (exact) mass is 399 g/mol. The van der Waals surface area contributed by atoms with Gasteiger partial charge >= 0.3 is 0 Å². The summed E-state index contributed by atoms with van der Waals surface area (Å²) in [6.07, 6.45) is 1.72. The zero-order valence-electron chi connectivity index (χ0n) is 15.1. The van der Waals surface area contributed by atoms with Gasteiger partial charge in [0.15, 0.2) is 11.5 Å². The molecule has 3 nitrogen and oxygen atoms in total. The van der Waals surface area contributed by atoms with Gasteiger partial charge in [0.25, 0.3) is 0 Å². The summed E-state index contributed by atoms with van der Waals surface area (Å²) in [4.78, 5) is 4.45. The van der Waals surface area contributed by atoms with E-state index in [9.17, 15) is 0 Å². The molecular weight excluding hydrogens is 381 g/mol. The van der Waals surface area contributed by atoms with Crippen LogP contribution in [0.3, 0.4) is 0 Å². The van der Waals surface area contributed by atoms with Crippen molar-refractivity contribution in [2.24, 2.45) is 4.99 Å². The predicted octanol–water partition coefficient (Wildman–Crippen LogP) is 6.64. The minimum atomic E-state index is 0.409. The number of hydrogen-bond acceptors (Lipinski definition) is 3. The fourth-order valence-electron chi connectivity index (χ4n) is 2.50. The van der Waals surface area contributed by atoms with Crippen LogP contribution in [0.2, 0.25) is 10.0 Å². The molecule has 0 radical (unpaired) electrons. The first kappa shape index (κ1) is 19.3. The number of ether oxygens (including phenoxy) is 2. The molecule has 27 heavy (non-hydrogen) atoms. The molecule has 0 aliphatic rings. The summed E-state index contributed by atoms with van der Waals surface area (Å²) < 4.78 is 11.3. The molecule has 0 saturated carbocycles. The number of aryl methyl sites for hydroxylation is 1. The zero-order chi connectivity index (χ0) is 19.2. The Labute approximate surface area is 169 Å². The fourth-order valence-corrected chi connectivity index (χ4v) is 2.94. The topological polar surface area (TPSA) is 30.8 Å². The number of methoxy groups -OCH3 is 1. The highest BCUT2D eigenvalue weighted by molar-refractivity contribution is 6.32. The highest BCUT2D eigenvalue weighted by Gasteiger charge is 2.12. The first-order valence-electron chi connectivity index (χ1n) is 8.41. The Morgan fingerprint density at radius 3 is 2.44 bits per heavy atom. The van der Waals surface area contributed by atoms with E-state index in [4.69, 9.17) is 32.7 Å². The largest absolute Gasteiger partial charge is 0.493 e. The van der Waals surface area contributed by atoms with Gasteiger partial charge in [0.1, 0.15) is 6.61 Å². The minimum Gasteiger partial charge on any atom is -0.493 e. The molecule has 0 aliphatic carbocycles. The van der Waals surface area contributed by atoms with Crippen LogP contribution in [0.5, 0.6) is 11.5 Å². The van der Waals surface area contributed by atoms with Gasteiger partial charge in [-0.15, -0.1) is 0 Å². The Morgan fingerprint density at radius 1 is 0.963 bits per heavy atom. The van der Waals surface area contributed by atoms with E-state index < -0.39 is 0 Å². The molecule has 3 aromatic rings. The van der Waals surface area contributed by atoms with Crippen molar-refractivity contribution in [3.05, 3.63) is 87.4 Å². The molecule has 0 aromatic heterocycles. The van der Waals surface area contributed by atoms with Crippen LogP contribution in [-0.2, 0) is 6.61 Å². The Morgan fingerprint density at radius 2 is 1.74 bits per heavy atom. The summed E-state index contributed by atoms with van der Waals surface area (Å²) in [5.41, 5.74) is 3.64. The van der Waals surface area contributed by atoms with Crippen LogP contribution < -0.4 is 9.47 Å². The molecule has 0 spiro atoms. The summed E-state index contributed by atoms with van der Waals surface area (Å²) in [6.45, 7) is 2.36. The van der Waals surface area contributed by atoms with Crippen molar-refractivity contribution >= 4 is 35.1 Å². The second-order valence-corrected chi connectivity index (χ2v) is 6.81. The van der Waals surface area contributed by atoms with Gasteiger partial charge in [-0.3, -0.25) is 4.99 Å². The molecule has 0 amide bonds. The third kappa shape index (κ3) is 5.03. The first-order chi connectivity index (χ1) is 13.1. The Balaban J connectivity index is 1.80. The summed E-state index contributed by atoms with van der Waals surface area (Å²) in [6, 6.07) is 19.2. The van der Waals surface area contributed by atoms with Gasteiger partial charge in [0.05, 0.1) is 17.8 Å². The number of halogens is 2. The third-order valence-electron chi connectivity index (χ3n) is 4.00. The molecule has 138 valence electrons. The number of aliphatic imine (C=N–C) groups is 1. The summed E-state index contributed by atoms with van der Waals surface area (Å²) in [7, 11) is 1.59. The van der Waals surface area contributed by atoms with Gasteiger partial charge in [-0.05, 0) is 47.9 Å². The first-order valence-corrected chi connectivity index (χ1v) is 9.17. The standard InChI is InChI=1S/C22H19Cl2NO2/c1-15-8-9-18(12-19(15)23)25-13-17-10-20(24)22(21(11-17)26-2)27-14-16-6-4-3-5-7-16/h3-13H,14H2,1-2H3. The number of hydrogen-bond donors (Lipinski definition) is 0. The zero-order valence-corrected chi connectivity index (χ0v) is 16.6. The van der Waals surface area contributed by atoms with Crippen molar-refractivity contribution in [3.8, 4) is 11.5 Å². The Bertz CT molecular complexity index is 956. The van der Waals surface area contributed by atoms with Gasteiger partial charge in [-0.25, -0.2) is 0 Å². The van der Waals surface area contributed by atoms with Crippen molar-refractivity contribution in [2.45, 2.75) is 13.5 Å². The van der Waals surface area contributed by atoms with Crippen LogP contribution in [0, 0.1) is 6.92 Å². The number of nitrogens with zero attached hydrogens (tertiary/aromatic N) is 1. The maximum absolute atomic E-state index is 6.42. The summed E-state index contributed by atoms with van der Waals surface area (Å²) in [5.74, 6) is 1.07. The molecule has 0 N–H and O–H groups in total. The lowest BCUT2D eigenvalue weighted by molar-refractivity contribution is 0.284. The van der Waals surface area contributed by atoms with E-state index in [-0.39, 0.29) is 0 Å². The Kier molecular flexibility index (Phi) is 6.38. The second-order valence-electron chi connectivity index (χ2n) is 6.00. The van der Waals surface area contributed by atoms with Gasteiger partial charge in [0, 0.05) is 11.2 Å². The van der Waals surface area contributed by atoms with Crippen molar-refractivity contribution in [1.82, 2.24) is 0 Å². The van der Waals surface area contributed by atoms with Crippen LogP contribution in [0.1, 0.15) is 16.7 Å². The van der Waals surface area contributed by atoms with Gasteiger partial charge in [0.2, 0.25) is 0 Å². The molecule has 5 heteroatoms. The van der Waals surface area contributed by atoms with E-state index >= 15 is 0 Å². The molecule has 0 saturated heterocycles. The smallest absolute Gasteiger partial charge is 0.180 e. The summed E-state index contributed by atoms with van der Waals surface area (Å²) >= 11 is 12.6. The van der Waals surface area contributed by atoms with Crippen LogP contribution >= 0.6 is 23.2 Å². The molecule has 3 aromatic carbocycles. The van der Waals surface area contributed by atoms with E-state index in [1.807, 2.05) is 61.5 Å². The molecular formula is C22H19Cl2NO2. The quantitative estimate of drug-likeness (QED) is 0.434. The van der Waals surface area contributed by atoms with E-state index in [0.29, 0.717) is 28.2 Å². The van der Waals surface area contributed by atoms with Gasteiger partial charge in [-0.1, -0.05) is 59.6 Å². The highest BCUT2D eigenvalue weighted by atomic mass is 35.5. The number of rotatable bonds is 6. The van der Waals surface area contributed by atoms with Gasteiger partial charge < -0.3 is 9.47 Å². The lowest BCUT2D eigenvalue weighted by Gasteiger charge is -2.13. The molecule has 3 rings (SSSR count). The van der Waals surface area contributed by atoms with E-state index in [0.717, 1.165) is 22.4 Å². The molecule has 0 atom stereocenters. The molecule has 0 unspecified atom stereocenters. The van der Waals surface area contributed by atoms with Crippen LogP contribution in [0.25, 0.3) is 0 Å². The fraction of sp³-hybridized carbons (Fsp3) is 0.136. The minimum absolute atomic E-state index is 0.409. The van der Waals surface area contributed by atoms with Crippen LogP contribution in [-0.4, -0.2) is 13.3 Å². The third-order valence-corrected chi connectivity index (χ3v) is 4.68. The van der Waals surface area contributed by atoms with Crippen LogP contribution in [0.15, 0.2) is 65.7 Å². The van der Waals surface area contributed by atoms with E-state index in [1.165, 1.54) is 0 Å². The number of benzene rings is 3. The SMILES string of the molecule is COc1cc(C=Nc2ccc(C)c(Cl)c2)cc(Cl)c1OCc1ccccc1. The van der Waals surface area contributed by atoms with Gasteiger partial charge in [-0.2, -0.15) is 0 Å². The maximum atomic E-state index is 6.42. The van der Waals surface area contributed by atoms with Crippen molar-refractivity contribution < 1.29 is 9.47 Å². The second kappa shape index (κ2) is 8.94. The average molecular weight is 400 g/mol. The Hall–Kier alpha value is -2.49. The molecule has 0 heterocycles. The van der Waals surface area contributed by atoms with Crippen molar-refractivity contribution in [2.75, 3.05) is 7.11 Å². The predicted molar refractivity (Wildman–Crippen MR) is 112 cm³/mol. The maximum Gasteiger partial charge on any atom is 0.180 e. The lowest BCUT2D eigenvalue weighted by atomic mass is 10.2. The molecule has 0 bridgehead atoms. The molecule has 0 aliphatic heterocycles. The normalized spacial score (nSPS) is 11.0. The summed E-state index contributed by atoms with van der Waals surface area (Å²) in [5, 5.41) is 1.15. The average Bonchev–Trinajstić information content (AvgIpc) is 2.68. The van der Waals surface area contributed by atoms with Crippen molar-refractivity contribution in [3.63, 3.8) is 0 Å². The highest BCUT2D eigenvalue weighted by Crippen LogP contribution is 2.36. The van der Waals surface area contributed by atoms with E-state index in [2.05, 4.69) is 4.99 Å².